The van der Waals surface area contributed by atoms with Crippen molar-refractivity contribution in [3.8, 4) is 0 Å². The number of hydrogen-bond donors (Lipinski definition) is 2. The lowest BCUT2D eigenvalue weighted by Crippen LogP contribution is -2.43. The van der Waals surface area contributed by atoms with Gasteiger partial charge in [0, 0.05) is 18.9 Å². The van der Waals surface area contributed by atoms with Crippen molar-refractivity contribution in [2.45, 2.75) is 6.04 Å². The second kappa shape index (κ2) is 5.30. The molecule has 3 N–H and O–H groups in total. The second-order valence-electron chi connectivity index (χ2n) is 4.73. The van der Waals surface area contributed by atoms with Gasteiger partial charge in [-0.2, -0.15) is 0 Å². The molecule has 1 aliphatic rings. The molecular formula is C15H16N4O. The van der Waals surface area contributed by atoms with Crippen LogP contribution < -0.4 is 16.0 Å². The summed E-state index contributed by atoms with van der Waals surface area (Å²) in [4.78, 5) is 18.0. The third kappa shape index (κ3) is 2.23. The van der Waals surface area contributed by atoms with Crippen LogP contribution in [0.4, 0.5) is 11.4 Å². The van der Waals surface area contributed by atoms with Crippen molar-refractivity contribution in [2.75, 3.05) is 23.3 Å². The number of carbonyl (C=O) groups excluding carboxylic acids is 1. The van der Waals surface area contributed by atoms with E-state index in [0.717, 1.165) is 16.9 Å². The Kier molecular flexibility index (Phi) is 3.35. The lowest BCUT2D eigenvalue weighted by atomic mass is 10.0. The molecule has 1 aliphatic heterocycles. The van der Waals surface area contributed by atoms with Gasteiger partial charge in [-0.1, -0.05) is 12.1 Å². The lowest BCUT2D eigenvalue weighted by Gasteiger charge is -2.37. The summed E-state index contributed by atoms with van der Waals surface area (Å²) in [6, 6.07) is 11.6. The maximum atomic E-state index is 11.9. The van der Waals surface area contributed by atoms with Crippen LogP contribution in [-0.2, 0) is 4.79 Å². The van der Waals surface area contributed by atoms with Gasteiger partial charge in [0.05, 0.1) is 24.0 Å². The number of benzene rings is 1. The number of rotatable bonds is 3. The standard InChI is InChI=1S/C15H16N4O/c16-9-14(11-5-7-17-8-6-11)19-10-15(20)18-12-3-1-2-4-13(12)19/h1-8,14H,9-10,16H2,(H,18,20). The van der Waals surface area contributed by atoms with Gasteiger partial charge in [0.1, 0.15) is 0 Å². The number of para-hydroxylation sites is 2. The summed E-state index contributed by atoms with van der Waals surface area (Å²) in [7, 11) is 0. The average Bonchev–Trinajstić information content (AvgIpc) is 2.49. The number of nitrogens with one attached hydrogen (secondary N) is 1. The van der Waals surface area contributed by atoms with Crippen molar-refractivity contribution >= 4 is 17.3 Å². The SMILES string of the molecule is NCC(c1ccncc1)N1CC(=O)Nc2ccccc21. The number of aromatic nitrogens is 1. The Morgan fingerprint density at radius 3 is 2.75 bits per heavy atom. The van der Waals surface area contributed by atoms with Crippen molar-refractivity contribution in [2.24, 2.45) is 5.73 Å². The summed E-state index contributed by atoms with van der Waals surface area (Å²) >= 11 is 0. The Morgan fingerprint density at radius 2 is 2.00 bits per heavy atom. The number of nitrogens with two attached hydrogens (primary N) is 1. The average molecular weight is 268 g/mol. The van der Waals surface area contributed by atoms with Crippen molar-refractivity contribution in [1.82, 2.24) is 4.98 Å². The van der Waals surface area contributed by atoms with Gasteiger partial charge >= 0.3 is 0 Å². The fourth-order valence-corrected chi connectivity index (χ4v) is 2.57. The van der Waals surface area contributed by atoms with E-state index in [0.29, 0.717) is 13.1 Å². The number of carbonyl (C=O) groups is 1. The normalized spacial score (nSPS) is 15.4. The molecule has 0 spiro atoms. The van der Waals surface area contributed by atoms with Crippen LogP contribution >= 0.6 is 0 Å². The van der Waals surface area contributed by atoms with Crippen LogP contribution in [0.3, 0.4) is 0 Å². The van der Waals surface area contributed by atoms with Crippen molar-refractivity contribution in [3.05, 3.63) is 54.4 Å². The van der Waals surface area contributed by atoms with Gasteiger partial charge in [0.2, 0.25) is 5.91 Å². The molecule has 0 radical (unpaired) electrons. The molecule has 1 amide bonds. The largest absolute Gasteiger partial charge is 0.352 e. The number of hydrogen-bond acceptors (Lipinski definition) is 4. The first-order chi connectivity index (χ1) is 9.79. The highest BCUT2D eigenvalue weighted by molar-refractivity contribution is 6.01. The molecule has 5 nitrogen and oxygen atoms in total. The summed E-state index contributed by atoms with van der Waals surface area (Å²) in [5.41, 5.74) is 8.84. The summed E-state index contributed by atoms with van der Waals surface area (Å²) in [6.45, 7) is 0.743. The minimum absolute atomic E-state index is 0.0174. The monoisotopic (exact) mass is 268 g/mol. The Morgan fingerprint density at radius 1 is 1.25 bits per heavy atom. The van der Waals surface area contributed by atoms with Crippen LogP contribution in [-0.4, -0.2) is 24.0 Å². The zero-order valence-electron chi connectivity index (χ0n) is 11.0. The quantitative estimate of drug-likeness (QED) is 0.885. The minimum atomic E-state index is -0.0369. The first-order valence-electron chi connectivity index (χ1n) is 6.55. The first-order valence-corrected chi connectivity index (χ1v) is 6.55. The van der Waals surface area contributed by atoms with E-state index in [1.807, 2.05) is 41.3 Å². The van der Waals surface area contributed by atoms with Crippen molar-refractivity contribution in [3.63, 3.8) is 0 Å². The Labute approximate surface area is 117 Å². The van der Waals surface area contributed by atoms with Crippen molar-refractivity contribution in [1.29, 1.82) is 0 Å². The molecule has 0 saturated heterocycles. The Balaban J connectivity index is 2.02. The van der Waals surface area contributed by atoms with E-state index >= 15 is 0 Å². The fourth-order valence-electron chi connectivity index (χ4n) is 2.57. The summed E-state index contributed by atoms with van der Waals surface area (Å²) in [6.07, 6.45) is 3.49. The van der Waals surface area contributed by atoms with Crippen LogP contribution in [0.5, 0.6) is 0 Å². The van der Waals surface area contributed by atoms with Crippen LogP contribution in [0.25, 0.3) is 0 Å². The third-order valence-electron chi connectivity index (χ3n) is 3.49. The molecule has 3 rings (SSSR count). The number of amides is 1. The summed E-state index contributed by atoms with van der Waals surface area (Å²) in [5, 5.41) is 2.89. The second-order valence-corrected chi connectivity index (χ2v) is 4.73. The molecule has 0 aliphatic carbocycles. The highest BCUT2D eigenvalue weighted by atomic mass is 16.2. The predicted octanol–water partition coefficient (Wildman–Crippen LogP) is 1.54. The summed E-state index contributed by atoms with van der Waals surface area (Å²) < 4.78 is 0. The maximum Gasteiger partial charge on any atom is 0.243 e. The number of fused-ring (bicyclic) bond motifs is 1. The number of pyridine rings is 1. The maximum absolute atomic E-state index is 11.9. The zero-order valence-corrected chi connectivity index (χ0v) is 11.0. The Hall–Kier alpha value is -2.40. The predicted molar refractivity (Wildman–Crippen MR) is 78.5 cm³/mol. The van der Waals surface area contributed by atoms with Gasteiger partial charge in [-0.05, 0) is 29.8 Å². The lowest BCUT2D eigenvalue weighted by molar-refractivity contribution is -0.115. The molecule has 1 aromatic carbocycles. The number of nitrogens with zero attached hydrogens (tertiary/aromatic N) is 2. The smallest absolute Gasteiger partial charge is 0.243 e. The van der Waals surface area contributed by atoms with Gasteiger partial charge < -0.3 is 16.0 Å². The van der Waals surface area contributed by atoms with Gasteiger partial charge in [-0.3, -0.25) is 9.78 Å². The molecule has 0 bridgehead atoms. The summed E-state index contributed by atoms with van der Waals surface area (Å²) in [5.74, 6) is -0.0174. The van der Waals surface area contributed by atoms with E-state index in [1.165, 1.54) is 0 Å². The highest BCUT2D eigenvalue weighted by Crippen LogP contribution is 2.34. The van der Waals surface area contributed by atoms with E-state index in [2.05, 4.69) is 10.3 Å². The Bertz CT molecular complexity index is 614. The number of anilines is 2. The molecule has 1 unspecified atom stereocenters. The zero-order chi connectivity index (χ0) is 13.9. The minimum Gasteiger partial charge on any atom is -0.352 e. The van der Waals surface area contributed by atoms with E-state index in [4.69, 9.17) is 5.73 Å². The first kappa shape index (κ1) is 12.6. The molecule has 102 valence electrons. The molecule has 2 aromatic rings. The van der Waals surface area contributed by atoms with E-state index in [9.17, 15) is 4.79 Å². The third-order valence-corrected chi connectivity index (χ3v) is 3.49. The molecule has 2 heterocycles. The van der Waals surface area contributed by atoms with Gasteiger partial charge in [-0.15, -0.1) is 0 Å². The molecule has 1 atom stereocenters. The molecular weight excluding hydrogens is 252 g/mol. The van der Waals surface area contributed by atoms with Crippen LogP contribution in [0.15, 0.2) is 48.8 Å². The fraction of sp³-hybridized carbons (Fsp3) is 0.200. The van der Waals surface area contributed by atoms with E-state index in [1.54, 1.807) is 12.4 Å². The molecule has 20 heavy (non-hydrogen) atoms. The van der Waals surface area contributed by atoms with Gasteiger partial charge in [0.25, 0.3) is 0 Å². The molecule has 5 heteroatoms. The van der Waals surface area contributed by atoms with Crippen LogP contribution in [0.2, 0.25) is 0 Å². The molecule has 0 fully saturated rings. The topological polar surface area (TPSA) is 71.2 Å². The highest BCUT2D eigenvalue weighted by Gasteiger charge is 2.27. The van der Waals surface area contributed by atoms with Crippen LogP contribution in [0, 0.1) is 0 Å². The van der Waals surface area contributed by atoms with E-state index in [-0.39, 0.29) is 11.9 Å². The van der Waals surface area contributed by atoms with E-state index < -0.39 is 0 Å². The van der Waals surface area contributed by atoms with Crippen LogP contribution in [0.1, 0.15) is 11.6 Å². The molecule has 1 aromatic heterocycles. The molecule has 0 saturated carbocycles. The van der Waals surface area contributed by atoms with Crippen molar-refractivity contribution < 1.29 is 4.79 Å². The van der Waals surface area contributed by atoms with Gasteiger partial charge in [-0.25, -0.2) is 0 Å². The van der Waals surface area contributed by atoms with Gasteiger partial charge in [0.15, 0.2) is 0 Å².